The number of rotatable bonds is 0. The van der Waals surface area contributed by atoms with Crippen molar-refractivity contribution in [2.24, 2.45) is 7.05 Å². The maximum Gasteiger partial charge on any atom is 0.182 e. The van der Waals surface area contributed by atoms with E-state index < -0.39 is 0 Å². The van der Waals surface area contributed by atoms with Gasteiger partial charge in [-0.15, -0.1) is 5.10 Å². The number of nitrogen functional groups attached to an aromatic ring is 1. The fraction of sp³-hybridized carbons (Fsp3) is 0.333. The van der Waals surface area contributed by atoms with Crippen molar-refractivity contribution in [1.29, 1.82) is 0 Å². The maximum absolute atomic E-state index is 5.27. The lowest BCUT2D eigenvalue weighted by molar-refractivity contribution is 0.708. The van der Waals surface area contributed by atoms with Gasteiger partial charge in [0.25, 0.3) is 0 Å². The minimum atomic E-state index is 0.377. The molecule has 1 rings (SSSR count). The van der Waals surface area contributed by atoms with Crippen molar-refractivity contribution in [2.45, 2.75) is 0 Å². The first-order chi connectivity index (χ1) is 3.72. The Bertz CT molecular complexity index is 211. The highest BCUT2D eigenvalue weighted by Gasteiger charge is 1.91. The van der Waals surface area contributed by atoms with E-state index in [-0.39, 0.29) is 0 Å². The molecule has 0 aliphatic heterocycles. The van der Waals surface area contributed by atoms with Gasteiger partial charge in [-0.3, -0.25) is 4.68 Å². The molecule has 0 saturated carbocycles. The Morgan fingerprint density at radius 3 is 2.62 bits per heavy atom. The predicted molar refractivity (Wildman–Crippen MR) is 32.8 cm³/mol. The molecule has 0 bridgehead atoms. The van der Waals surface area contributed by atoms with Crippen LogP contribution in [-0.4, -0.2) is 15.0 Å². The Morgan fingerprint density at radius 1 is 1.88 bits per heavy atom. The Balaban J connectivity index is 3.42. The molecule has 0 amide bonds. The number of aromatic amines is 1. The topological polar surface area (TPSA) is 59.6 Å². The lowest BCUT2D eigenvalue weighted by Crippen LogP contribution is -1.88. The van der Waals surface area contributed by atoms with E-state index >= 15 is 0 Å². The smallest absolute Gasteiger partial charge is 0.182 e. The van der Waals surface area contributed by atoms with Gasteiger partial charge in [0.05, 0.1) is 0 Å². The van der Waals surface area contributed by atoms with Crippen LogP contribution in [0.25, 0.3) is 0 Å². The van der Waals surface area contributed by atoms with Gasteiger partial charge in [-0.2, -0.15) is 0 Å². The summed E-state index contributed by atoms with van der Waals surface area (Å²) in [6.45, 7) is 0. The number of hydrogen-bond donors (Lipinski definition) is 2. The fourth-order valence-electron chi connectivity index (χ4n) is 0.394. The molecule has 1 aromatic rings. The van der Waals surface area contributed by atoms with Gasteiger partial charge >= 0.3 is 0 Å². The van der Waals surface area contributed by atoms with E-state index in [2.05, 4.69) is 10.3 Å². The molecule has 1 heterocycles. The van der Waals surface area contributed by atoms with Crippen molar-refractivity contribution in [1.82, 2.24) is 15.0 Å². The first-order valence-corrected chi connectivity index (χ1v) is 2.49. The zero-order valence-corrected chi connectivity index (χ0v) is 5.20. The second-order valence-electron chi connectivity index (χ2n) is 1.46. The van der Waals surface area contributed by atoms with Gasteiger partial charge in [-0.05, 0) is 0 Å². The van der Waals surface area contributed by atoms with Crippen LogP contribution in [0.4, 0.5) is 5.82 Å². The number of H-pyrrole nitrogens is 1. The van der Waals surface area contributed by atoms with E-state index in [1.165, 1.54) is 0 Å². The van der Waals surface area contributed by atoms with Crippen LogP contribution < -0.4 is 5.73 Å². The Kier molecular flexibility index (Phi) is 1.05. The zero-order valence-electron chi connectivity index (χ0n) is 4.38. The quantitative estimate of drug-likeness (QED) is 0.488. The van der Waals surface area contributed by atoms with E-state index in [9.17, 15) is 0 Å². The van der Waals surface area contributed by atoms with Gasteiger partial charge in [0.2, 0.25) is 0 Å². The second kappa shape index (κ2) is 1.59. The zero-order chi connectivity index (χ0) is 6.15. The summed E-state index contributed by atoms with van der Waals surface area (Å²) >= 11 is 4.77. The molecule has 0 aromatic carbocycles. The van der Waals surface area contributed by atoms with Crippen LogP contribution in [0, 0.1) is 4.64 Å². The van der Waals surface area contributed by atoms with Crippen molar-refractivity contribution in [3.63, 3.8) is 0 Å². The van der Waals surface area contributed by atoms with E-state index in [4.69, 9.17) is 18.0 Å². The molecule has 0 atom stereocenters. The molecular weight excluding hydrogens is 124 g/mol. The number of aromatic nitrogens is 3. The second-order valence-corrected chi connectivity index (χ2v) is 1.85. The Labute approximate surface area is 51.3 Å². The molecule has 5 heteroatoms. The molecule has 3 N–H and O–H groups in total. The fourth-order valence-corrected chi connectivity index (χ4v) is 0.480. The van der Waals surface area contributed by atoms with Crippen LogP contribution in [0.1, 0.15) is 0 Å². The summed E-state index contributed by atoms with van der Waals surface area (Å²) in [7, 11) is 1.76. The largest absolute Gasteiger partial charge is 0.380 e. The molecule has 1 aromatic heterocycles. The molecule has 0 unspecified atom stereocenters. The van der Waals surface area contributed by atoms with Gasteiger partial charge in [0.15, 0.2) is 10.5 Å². The van der Waals surface area contributed by atoms with Crippen molar-refractivity contribution in [3.05, 3.63) is 4.64 Å². The molecular formula is C3H6N4S. The van der Waals surface area contributed by atoms with Gasteiger partial charge in [0, 0.05) is 7.05 Å². The van der Waals surface area contributed by atoms with Crippen molar-refractivity contribution >= 4 is 18.0 Å². The van der Waals surface area contributed by atoms with Crippen molar-refractivity contribution < 1.29 is 0 Å². The summed E-state index contributed by atoms with van der Waals surface area (Å²) in [4.78, 5) is 0. The molecule has 0 spiro atoms. The standard InChI is InChI=1S/C3H6N4S/c1-7-3(8)2(4)5-6-7/h6H,1H3,(H2,4,5). The SMILES string of the molecule is Cn1[nH]nc(N)c1=S. The van der Waals surface area contributed by atoms with E-state index in [0.29, 0.717) is 10.5 Å². The summed E-state index contributed by atoms with van der Waals surface area (Å²) in [5, 5.41) is 6.20. The van der Waals surface area contributed by atoms with Gasteiger partial charge in [-0.1, -0.05) is 12.2 Å². The average Bonchev–Trinajstić information content (AvgIpc) is 1.98. The lowest BCUT2D eigenvalue weighted by Gasteiger charge is -1.80. The highest BCUT2D eigenvalue weighted by Crippen LogP contribution is 1.94. The van der Waals surface area contributed by atoms with Gasteiger partial charge in [-0.25, -0.2) is 5.21 Å². The normalized spacial score (nSPS) is 9.62. The number of nitrogens with zero attached hydrogens (tertiary/aromatic N) is 2. The summed E-state index contributed by atoms with van der Waals surface area (Å²) in [6.07, 6.45) is 0. The molecule has 0 aliphatic rings. The molecule has 0 saturated heterocycles. The minimum Gasteiger partial charge on any atom is -0.380 e. The van der Waals surface area contributed by atoms with Crippen LogP contribution in [-0.2, 0) is 7.05 Å². The van der Waals surface area contributed by atoms with Crippen molar-refractivity contribution in [3.8, 4) is 0 Å². The van der Waals surface area contributed by atoms with Crippen molar-refractivity contribution in [2.75, 3.05) is 5.73 Å². The lowest BCUT2D eigenvalue weighted by atomic mass is 10.8. The minimum absolute atomic E-state index is 0.377. The molecule has 0 radical (unpaired) electrons. The number of hydrogen-bond acceptors (Lipinski definition) is 3. The average molecular weight is 130 g/mol. The summed E-state index contributed by atoms with van der Waals surface area (Å²) in [6, 6.07) is 0. The van der Waals surface area contributed by atoms with Crippen LogP contribution >= 0.6 is 12.2 Å². The van der Waals surface area contributed by atoms with E-state index in [1.54, 1.807) is 11.7 Å². The van der Waals surface area contributed by atoms with Crippen LogP contribution in [0.5, 0.6) is 0 Å². The molecule has 0 aliphatic carbocycles. The van der Waals surface area contributed by atoms with Crippen LogP contribution in [0.2, 0.25) is 0 Å². The van der Waals surface area contributed by atoms with Gasteiger partial charge in [0.1, 0.15) is 0 Å². The molecule has 8 heavy (non-hydrogen) atoms. The third-order valence-electron chi connectivity index (χ3n) is 0.844. The van der Waals surface area contributed by atoms with Crippen LogP contribution in [0.15, 0.2) is 0 Å². The van der Waals surface area contributed by atoms with E-state index in [0.717, 1.165) is 0 Å². The predicted octanol–water partition coefficient (Wildman–Crippen LogP) is 0.0599. The number of nitrogens with two attached hydrogens (primary N) is 1. The third-order valence-corrected chi connectivity index (χ3v) is 1.33. The monoisotopic (exact) mass is 130 g/mol. The number of nitrogens with one attached hydrogen (secondary N) is 1. The summed E-state index contributed by atoms with van der Waals surface area (Å²) in [5.41, 5.74) is 5.27. The third kappa shape index (κ3) is 0.604. The first-order valence-electron chi connectivity index (χ1n) is 2.08. The summed E-state index contributed by atoms with van der Waals surface area (Å²) < 4.78 is 2.12. The highest BCUT2D eigenvalue weighted by atomic mass is 32.1. The number of aryl methyl sites for hydroxylation is 1. The van der Waals surface area contributed by atoms with E-state index in [1.807, 2.05) is 0 Å². The molecule has 4 nitrogen and oxygen atoms in total. The number of anilines is 1. The van der Waals surface area contributed by atoms with Crippen LogP contribution in [0.3, 0.4) is 0 Å². The van der Waals surface area contributed by atoms with Gasteiger partial charge < -0.3 is 5.73 Å². The molecule has 0 fully saturated rings. The summed E-state index contributed by atoms with van der Waals surface area (Å²) in [5.74, 6) is 0.377. The Hall–Kier alpha value is -0.840. The highest BCUT2D eigenvalue weighted by molar-refractivity contribution is 7.71. The molecule has 44 valence electrons. The Morgan fingerprint density at radius 2 is 2.50 bits per heavy atom. The maximum atomic E-state index is 5.27. The first kappa shape index (κ1) is 5.30.